The van der Waals surface area contributed by atoms with Gasteiger partial charge in [0.1, 0.15) is 5.72 Å². The first-order valence-corrected chi connectivity index (χ1v) is 4.05. The number of nitrogens with two attached hydrogens (primary N) is 1. The van der Waals surface area contributed by atoms with Gasteiger partial charge in [-0.15, -0.1) is 0 Å². The first-order valence-electron chi connectivity index (χ1n) is 4.05. The molecule has 5 N–H and O–H groups in total. The summed E-state index contributed by atoms with van der Waals surface area (Å²) in [5.74, 6) is 0. The smallest absolute Gasteiger partial charge is 0.113 e. The highest BCUT2D eigenvalue weighted by Gasteiger charge is 2.28. The molecule has 1 fully saturated rings. The second-order valence-corrected chi connectivity index (χ2v) is 2.96. The van der Waals surface area contributed by atoms with Gasteiger partial charge in [0.25, 0.3) is 0 Å². The van der Waals surface area contributed by atoms with Crippen molar-refractivity contribution in [3.05, 3.63) is 24.6 Å². The van der Waals surface area contributed by atoms with Crippen LogP contribution >= 0.6 is 0 Å². The van der Waals surface area contributed by atoms with Crippen LogP contribution < -0.4 is 16.6 Å². The van der Waals surface area contributed by atoms with Crippen molar-refractivity contribution in [1.29, 1.82) is 0 Å². The number of rotatable bonds is 0. The van der Waals surface area contributed by atoms with Crippen LogP contribution in [0.25, 0.3) is 0 Å². The van der Waals surface area contributed by atoms with E-state index in [4.69, 9.17) is 10.8 Å². The SMILES string of the molecule is C1=CNNC=C1.NC1(O)CCC1. The Balaban J connectivity index is 0.000000120. The molecule has 1 aliphatic heterocycles. The van der Waals surface area contributed by atoms with Gasteiger partial charge in [0.2, 0.25) is 0 Å². The van der Waals surface area contributed by atoms with Gasteiger partial charge in [-0.25, -0.2) is 0 Å². The zero-order valence-corrected chi connectivity index (χ0v) is 6.96. The summed E-state index contributed by atoms with van der Waals surface area (Å²) in [5.41, 5.74) is 9.93. The zero-order chi connectivity index (χ0) is 8.86. The van der Waals surface area contributed by atoms with Gasteiger partial charge in [-0.3, -0.25) is 0 Å². The Morgan fingerprint density at radius 1 is 1.17 bits per heavy atom. The molecule has 0 aromatic rings. The number of nitrogens with one attached hydrogen (secondary N) is 2. The van der Waals surface area contributed by atoms with Crippen LogP contribution in [0.4, 0.5) is 0 Å². The van der Waals surface area contributed by atoms with Crippen LogP contribution in [0.5, 0.6) is 0 Å². The third-order valence-electron chi connectivity index (χ3n) is 1.77. The zero-order valence-electron chi connectivity index (χ0n) is 6.96. The number of hydrogen-bond acceptors (Lipinski definition) is 4. The molecule has 0 atom stereocenters. The van der Waals surface area contributed by atoms with Gasteiger partial charge in [0.05, 0.1) is 0 Å². The highest BCUT2D eigenvalue weighted by molar-refractivity contribution is 5.03. The second-order valence-electron chi connectivity index (χ2n) is 2.96. The average molecular weight is 169 g/mol. The molecule has 0 unspecified atom stereocenters. The summed E-state index contributed by atoms with van der Waals surface area (Å²) < 4.78 is 0. The Labute approximate surface area is 72.1 Å². The van der Waals surface area contributed by atoms with Crippen LogP contribution in [0.3, 0.4) is 0 Å². The third-order valence-corrected chi connectivity index (χ3v) is 1.77. The molecular formula is C8H15N3O. The van der Waals surface area contributed by atoms with Crippen LogP contribution in [0.2, 0.25) is 0 Å². The second kappa shape index (κ2) is 4.13. The third kappa shape index (κ3) is 3.41. The monoisotopic (exact) mass is 169 g/mol. The van der Waals surface area contributed by atoms with Crippen molar-refractivity contribution in [2.24, 2.45) is 5.73 Å². The fourth-order valence-electron chi connectivity index (χ4n) is 0.843. The molecule has 0 aromatic carbocycles. The lowest BCUT2D eigenvalue weighted by atomic mass is 9.90. The summed E-state index contributed by atoms with van der Waals surface area (Å²) in [6.07, 6.45) is 10.1. The van der Waals surface area contributed by atoms with Crippen LogP contribution in [0.15, 0.2) is 24.6 Å². The Hall–Kier alpha value is -1.00. The van der Waals surface area contributed by atoms with Crippen LogP contribution in [-0.2, 0) is 0 Å². The summed E-state index contributed by atoms with van der Waals surface area (Å²) >= 11 is 0. The van der Waals surface area contributed by atoms with E-state index in [1.165, 1.54) is 0 Å². The molecule has 4 nitrogen and oxygen atoms in total. The van der Waals surface area contributed by atoms with Crippen molar-refractivity contribution in [2.45, 2.75) is 25.0 Å². The number of aliphatic hydroxyl groups is 1. The van der Waals surface area contributed by atoms with E-state index in [0.29, 0.717) is 0 Å². The fourth-order valence-corrected chi connectivity index (χ4v) is 0.843. The summed E-state index contributed by atoms with van der Waals surface area (Å²) in [6, 6.07) is 0. The normalized spacial score (nSPS) is 22.5. The van der Waals surface area contributed by atoms with Gasteiger partial charge in [-0.1, -0.05) is 0 Å². The quantitative estimate of drug-likeness (QED) is 0.383. The highest BCUT2D eigenvalue weighted by Crippen LogP contribution is 2.24. The molecule has 0 radical (unpaired) electrons. The number of allylic oxidation sites excluding steroid dienone is 2. The number of hydrogen-bond donors (Lipinski definition) is 4. The minimum absolute atomic E-state index is 0.778. The molecule has 0 bridgehead atoms. The van der Waals surface area contributed by atoms with Crippen molar-refractivity contribution >= 4 is 0 Å². The Kier molecular flexibility index (Phi) is 3.13. The predicted molar refractivity (Wildman–Crippen MR) is 47.5 cm³/mol. The molecular weight excluding hydrogens is 154 g/mol. The van der Waals surface area contributed by atoms with Gasteiger partial charge in [0.15, 0.2) is 0 Å². The molecule has 2 aliphatic rings. The van der Waals surface area contributed by atoms with Gasteiger partial charge >= 0.3 is 0 Å². The molecule has 68 valence electrons. The molecule has 2 rings (SSSR count). The Morgan fingerprint density at radius 2 is 1.58 bits per heavy atom. The number of hydrazine groups is 1. The average Bonchev–Trinajstić information content (AvgIpc) is 2.06. The Morgan fingerprint density at radius 3 is 1.67 bits per heavy atom. The predicted octanol–water partition coefficient (Wildman–Crippen LogP) is -0.0608. The maximum atomic E-state index is 8.69. The maximum absolute atomic E-state index is 8.69. The van der Waals surface area contributed by atoms with Crippen LogP contribution in [0, 0.1) is 0 Å². The van der Waals surface area contributed by atoms with E-state index in [1.807, 2.05) is 24.6 Å². The lowest BCUT2D eigenvalue weighted by molar-refractivity contribution is -0.0268. The molecule has 1 saturated carbocycles. The molecule has 1 heterocycles. The summed E-state index contributed by atoms with van der Waals surface area (Å²) in [6.45, 7) is 0. The lowest BCUT2D eigenvalue weighted by Crippen LogP contribution is -2.45. The Bertz CT molecular complexity index is 169. The largest absolute Gasteiger partial charge is 0.376 e. The van der Waals surface area contributed by atoms with E-state index in [1.54, 1.807) is 0 Å². The van der Waals surface area contributed by atoms with E-state index in [0.717, 1.165) is 19.3 Å². The standard InChI is InChI=1S/C4H6N2.C4H9NO/c1-2-4-6-5-3-1;5-4(6)2-1-3-4/h1-6H;6H,1-3,5H2. The van der Waals surface area contributed by atoms with Gasteiger partial charge in [-0.05, 0) is 31.4 Å². The minimum Gasteiger partial charge on any atom is -0.376 e. The molecule has 4 heteroatoms. The molecule has 0 aromatic heterocycles. The highest BCUT2D eigenvalue weighted by atomic mass is 16.3. The first kappa shape index (κ1) is 9.09. The van der Waals surface area contributed by atoms with E-state index < -0.39 is 5.72 Å². The molecule has 0 spiro atoms. The topological polar surface area (TPSA) is 70.3 Å². The van der Waals surface area contributed by atoms with Crippen molar-refractivity contribution < 1.29 is 5.11 Å². The fraction of sp³-hybridized carbons (Fsp3) is 0.500. The van der Waals surface area contributed by atoms with Crippen molar-refractivity contribution in [3.8, 4) is 0 Å². The van der Waals surface area contributed by atoms with Gasteiger partial charge in [-0.2, -0.15) is 0 Å². The van der Waals surface area contributed by atoms with E-state index in [-0.39, 0.29) is 0 Å². The van der Waals surface area contributed by atoms with Crippen LogP contribution in [-0.4, -0.2) is 10.8 Å². The van der Waals surface area contributed by atoms with Crippen LogP contribution in [0.1, 0.15) is 19.3 Å². The van der Waals surface area contributed by atoms with Gasteiger partial charge < -0.3 is 21.7 Å². The molecule has 0 amide bonds. The molecule has 12 heavy (non-hydrogen) atoms. The van der Waals surface area contributed by atoms with Crippen molar-refractivity contribution in [3.63, 3.8) is 0 Å². The first-order chi connectivity index (χ1) is 5.71. The van der Waals surface area contributed by atoms with Crippen molar-refractivity contribution in [1.82, 2.24) is 10.9 Å². The van der Waals surface area contributed by atoms with E-state index >= 15 is 0 Å². The summed E-state index contributed by atoms with van der Waals surface area (Å²) in [5, 5.41) is 8.69. The van der Waals surface area contributed by atoms with Crippen molar-refractivity contribution in [2.75, 3.05) is 0 Å². The minimum atomic E-state index is -0.778. The molecule has 1 aliphatic carbocycles. The summed E-state index contributed by atoms with van der Waals surface area (Å²) in [7, 11) is 0. The van der Waals surface area contributed by atoms with E-state index in [9.17, 15) is 0 Å². The van der Waals surface area contributed by atoms with E-state index in [2.05, 4.69) is 10.9 Å². The summed E-state index contributed by atoms with van der Waals surface area (Å²) in [4.78, 5) is 0. The maximum Gasteiger partial charge on any atom is 0.113 e. The van der Waals surface area contributed by atoms with Gasteiger partial charge in [0, 0.05) is 12.4 Å². The molecule has 0 saturated heterocycles. The lowest BCUT2D eigenvalue weighted by Gasteiger charge is -2.31.